The topological polar surface area (TPSA) is 70.6 Å². The van der Waals surface area contributed by atoms with E-state index in [1.807, 2.05) is 11.0 Å². The number of rotatable bonds is 4. The number of nitrogens with one attached hydrogen (secondary N) is 1. The molecule has 1 aromatic carbocycles. The van der Waals surface area contributed by atoms with Gasteiger partial charge in [-0.2, -0.15) is 0 Å². The van der Waals surface area contributed by atoms with Gasteiger partial charge in [-0.25, -0.2) is 9.18 Å². The molecule has 1 fully saturated rings. The molecule has 25 heavy (non-hydrogen) atoms. The molecule has 0 aliphatic carbocycles. The van der Waals surface area contributed by atoms with Gasteiger partial charge >= 0.3 is 6.09 Å². The van der Waals surface area contributed by atoms with E-state index < -0.39 is 6.09 Å². The van der Waals surface area contributed by atoms with Gasteiger partial charge in [0.15, 0.2) is 11.6 Å². The van der Waals surface area contributed by atoms with Crippen LogP contribution in [0.2, 0.25) is 0 Å². The molecule has 0 saturated carbocycles. The number of benzene rings is 1. The zero-order valence-corrected chi connectivity index (χ0v) is 14.0. The van der Waals surface area contributed by atoms with E-state index in [4.69, 9.17) is 4.74 Å². The van der Waals surface area contributed by atoms with Crippen LogP contribution < -0.4 is 15.1 Å². The maximum atomic E-state index is 13.9. The first-order chi connectivity index (χ1) is 12.2. The number of hydrogen-bond donors (Lipinski definition) is 1. The van der Waals surface area contributed by atoms with Gasteiger partial charge in [-0.15, -0.1) is 10.2 Å². The van der Waals surface area contributed by atoms with E-state index in [1.165, 1.54) is 6.07 Å². The standard InChI is InChI=1S/C17H20FN5O2/c1-2-25-17(24)19-15-7-8-16(21-20-15)23-11-9-22(10-12-23)14-6-4-3-5-13(14)18/h3-8H,2,9-12H2,1H3,(H,19,20,24). The number of halogens is 1. The molecular formula is C17H20FN5O2. The van der Waals surface area contributed by atoms with Crippen molar-refractivity contribution in [1.29, 1.82) is 0 Å². The van der Waals surface area contributed by atoms with Crippen LogP contribution in [0.1, 0.15) is 6.92 Å². The van der Waals surface area contributed by atoms with Gasteiger partial charge < -0.3 is 14.5 Å². The molecule has 2 aromatic rings. The Morgan fingerprint density at radius 3 is 2.48 bits per heavy atom. The van der Waals surface area contributed by atoms with Gasteiger partial charge in [0.25, 0.3) is 0 Å². The Morgan fingerprint density at radius 2 is 1.84 bits per heavy atom. The van der Waals surface area contributed by atoms with Gasteiger partial charge in [0.05, 0.1) is 12.3 Å². The van der Waals surface area contributed by atoms with Crippen molar-refractivity contribution in [2.75, 3.05) is 47.9 Å². The lowest BCUT2D eigenvalue weighted by molar-refractivity contribution is 0.168. The summed E-state index contributed by atoms with van der Waals surface area (Å²) in [5.41, 5.74) is 0.627. The van der Waals surface area contributed by atoms with Crippen molar-refractivity contribution < 1.29 is 13.9 Å². The van der Waals surface area contributed by atoms with E-state index in [1.54, 1.807) is 31.2 Å². The summed E-state index contributed by atoms with van der Waals surface area (Å²) in [6, 6.07) is 10.3. The van der Waals surface area contributed by atoms with Crippen molar-refractivity contribution >= 4 is 23.4 Å². The molecule has 7 nitrogen and oxygen atoms in total. The minimum absolute atomic E-state index is 0.204. The molecule has 132 valence electrons. The highest BCUT2D eigenvalue weighted by atomic mass is 19.1. The predicted molar refractivity (Wildman–Crippen MR) is 93.5 cm³/mol. The fraction of sp³-hybridized carbons (Fsp3) is 0.353. The smallest absolute Gasteiger partial charge is 0.412 e. The molecule has 1 amide bonds. The molecule has 0 bridgehead atoms. The molecule has 1 aliphatic rings. The van der Waals surface area contributed by atoms with E-state index in [0.717, 1.165) is 5.82 Å². The van der Waals surface area contributed by atoms with Gasteiger partial charge in [-0.1, -0.05) is 12.1 Å². The molecule has 3 rings (SSSR count). The number of hydrogen-bond acceptors (Lipinski definition) is 6. The summed E-state index contributed by atoms with van der Waals surface area (Å²) in [5, 5.41) is 10.6. The number of carbonyl (C=O) groups excluding carboxylic acids is 1. The average Bonchev–Trinajstić information content (AvgIpc) is 2.63. The average molecular weight is 345 g/mol. The predicted octanol–water partition coefficient (Wildman–Crippen LogP) is 2.51. The number of anilines is 3. The van der Waals surface area contributed by atoms with Crippen LogP contribution in [0.5, 0.6) is 0 Å². The molecule has 1 saturated heterocycles. The number of piperazine rings is 1. The van der Waals surface area contributed by atoms with Crippen LogP contribution in [-0.2, 0) is 4.74 Å². The summed E-state index contributed by atoms with van der Waals surface area (Å²) in [7, 11) is 0. The zero-order valence-electron chi connectivity index (χ0n) is 14.0. The summed E-state index contributed by atoms with van der Waals surface area (Å²) in [6.45, 7) is 4.86. The number of para-hydroxylation sites is 1. The van der Waals surface area contributed by atoms with Gasteiger partial charge in [0.2, 0.25) is 0 Å². The molecule has 0 spiro atoms. The Kier molecular flexibility index (Phi) is 5.27. The maximum absolute atomic E-state index is 13.9. The van der Waals surface area contributed by atoms with Crippen molar-refractivity contribution in [3.8, 4) is 0 Å². The van der Waals surface area contributed by atoms with Gasteiger partial charge in [-0.05, 0) is 31.2 Å². The molecule has 1 aliphatic heterocycles. The highest BCUT2D eigenvalue weighted by Crippen LogP contribution is 2.22. The molecular weight excluding hydrogens is 325 g/mol. The van der Waals surface area contributed by atoms with Crippen molar-refractivity contribution in [3.63, 3.8) is 0 Å². The molecule has 1 aromatic heterocycles. The van der Waals surface area contributed by atoms with Crippen LogP contribution in [-0.4, -0.2) is 49.1 Å². The van der Waals surface area contributed by atoms with E-state index in [-0.39, 0.29) is 5.82 Å². The molecule has 1 N–H and O–H groups in total. The largest absolute Gasteiger partial charge is 0.450 e. The minimum Gasteiger partial charge on any atom is -0.450 e. The number of carbonyl (C=O) groups is 1. The van der Waals surface area contributed by atoms with Gasteiger partial charge in [0, 0.05) is 26.2 Å². The van der Waals surface area contributed by atoms with Crippen LogP contribution in [0.15, 0.2) is 36.4 Å². The zero-order chi connectivity index (χ0) is 17.6. The third-order valence-electron chi connectivity index (χ3n) is 3.95. The fourth-order valence-electron chi connectivity index (χ4n) is 2.72. The van der Waals surface area contributed by atoms with E-state index in [0.29, 0.717) is 44.3 Å². The highest BCUT2D eigenvalue weighted by molar-refractivity contribution is 5.83. The summed E-state index contributed by atoms with van der Waals surface area (Å²) in [4.78, 5) is 15.5. The first-order valence-electron chi connectivity index (χ1n) is 8.19. The van der Waals surface area contributed by atoms with E-state index in [9.17, 15) is 9.18 Å². The second kappa shape index (κ2) is 7.78. The highest BCUT2D eigenvalue weighted by Gasteiger charge is 2.20. The van der Waals surface area contributed by atoms with Crippen molar-refractivity contribution in [1.82, 2.24) is 10.2 Å². The Hall–Kier alpha value is -2.90. The lowest BCUT2D eigenvalue weighted by Gasteiger charge is -2.36. The molecule has 8 heteroatoms. The second-order valence-corrected chi connectivity index (χ2v) is 5.55. The first kappa shape index (κ1) is 16.9. The normalized spacial score (nSPS) is 14.3. The third kappa shape index (κ3) is 4.14. The Balaban J connectivity index is 1.58. The second-order valence-electron chi connectivity index (χ2n) is 5.55. The molecule has 0 atom stereocenters. The molecule has 2 heterocycles. The van der Waals surface area contributed by atoms with Crippen LogP contribution in [0.25, 0.3) is 0 Å². The Bertz CT molecular complexity index is 717. The van der Waals surface area contributed by atoms with Crippen LogP contribution in [0.3, 0.4) is 0 Å². The Labute approximate surface area is 145 Å². The van der Waals surface area contributed by atoms with Gasteiger partial charge in [-0.3, -0.25) is 5.32 Å². The quantitative estimate of drug-likeness (QED) is 0.918. The van der Waals surface area contributed by atoms with Crippen LogP contribution in [0.4, 0.5) is 26.5 Å². The van der Waals surface area contributed by atoms with Crippen LogP contribution in [0, 0.1) is 5.82 Å². The number of aromatic nitrogens is 2. The lowest BCUT2D eigenvalue weighted by atomic mass is 10.2. The summed E-state index contributed by atoms with van der Waals surface area (Å²) >= 11 is 0. The number of amides is 1. The summed E-state index contributed by atoms with van der Waals surface area (Å²) in [6.07, 6.45) is -0.553. The monoisotopic (exact) mass is 345 g/mol. The number of nitrogens with zero attached hydrogens (tertiary/aromatic N) is 4. The number of ether oxygens (including phenoxy) is 1. The SMILES string of the molecule is CCOC(=O)Nc1ccc(N2CCN(c3ccccc3F)CC2)nn1. The lowest BCUT2D eigenvalue weighted by Crippen LogP contribution is -2.47. The summed E-state index contributed by atoms with van der Waals surface area (Å²) < 4.78 is 18.7. The minimum atomic E-state index is -0.553. The Morgan fingerprint density at radius 1 is 1.12 bits per heavy atom. The molecule has 0 radical (unpaired) electrons. The van der Waals surface area contributed by atoms with Crippen molar-refractivity contribution in [3.05, 3.63) is 42.2 Å². The van der Waals surface area contributed by atoms with Crippen molar-refractivity contribution in [2.45, 2.75) is 6.92 Å². The summed E-state index contributed by atoms with van der Waals surface area (Å²) in [5.74, 6) is 0.861. The first-order valence-corrected chi connectivity index (χ1v) is 8.19. The third-order valence-corrected chi connectivity index (χ3v) is 3.95. The van der Waals surface area contributed by atoms with Crippen LogP contribution >= 0.6 is 0 Å². The maximum Gasteiger partial charge on any atom is 0.412 e. The van der Waals surface area contributed by atoms with E-state index >= 15 is 0 Å². The van der Waals surface area contributed by atoms with E-state index in [2.05, 4.69) is 20.4 Å². The van der Waals surface area contributed by atoms with Gasteiger partial charge in [0.1, 0.15) is 5.82 Å². The molecule has 0 unspecified atom stereocenters. The fourth-order valence-corrected chi connectivity index (χ4v) is 2.72. The van der Waals surface area contributed by atoms with Crippen molar-refractivity contribution in [2.24, 2.45) is 0 Å².